The second-order valence-corrected chi connectivity index (χ2v) is 5.25. The number of aromatic nitrogens is 3. The van der Waals surface area contributed by atoms with Gasteiger partial charge in [0.15, 0.2) is 5.82 Å². The third kappa shape index (κ3) is 3.33. The lowest BCUT2D eigenvalue weighted by atomic mass is 10.1. The Labute approximate surface area is 117 Å². The van der Waals surface area contributed by atoms with Crippen LogP contribution in [0.15, 0.2) is 21.5 Å². The molecule has 0 aromatic carbocycles. The molecule has 0 saturated carbocycles. The van der Waals surface area contributed by atoms with Crippen LogP contribution < -0.4 is 10.9 Å². The molecule has 0 bridgehead atoms. The minimum atomic E-state index is -0.158. The third-order valence-electron chi connectivity index (χ3n) is 3.18. The number of H-pyrrole nitrogens is 1. The molecule has 0 amide bonds. The van der Waals surface area contributed by atoms with E-state index in [2.05, 4.69) is 20.4 Å². The molecule has 20 heavy (non-hydrogen) atoms. The van der Waals surface area contributed by atoms with Gasteiger partial charge in [-0.1, -0.05) is 19.0 Å². The highest BCUT2D eigenvalue weighted by molar-refractivity contribution is 5.52. The summed E-state index contributed by atoms with van der Waals surface area (Å²) in [6, 6.07) is 3.63. The number of pyridine rings is 1. The maximum absolute atomic E-state index is 11.7. The van der Waals surface area contributed by atoms with Gasteiger partial charge in [0.25, 0.3) is 5.89 Å². The lowest BCUT2D eigenvalue weighted by molar-refractivity contribution is 0.418. The van der Waals surface area contributed by atoms with Crippen LogP contribution in [-0.4, -0.2) is 28.2 Å². The van der Waals surface area contributed by atoms with E-state index < -0.39 is 0 Å². The average molecular weight is 276 g/mol. The monoisotopic (exact) mass is 276 g/mol. The molecule has 1 atom stereocenters. The summed E-state index contributed by atoms with van der Waals surface area (Å²) in [5.41, 5.74) is 1.36. The molecule has 1 unspecified atom stereocenters. The fraction of sp³-hybridized carbons (Fsp3) is 0.500. The van der Waals surface area contributed by atoms with Crippen LogP contribution in [0.1, 0.15) is 38.2 Å². The molecule has 2 N–H and O–H groups in total. The Kier molecular flexibility index (Phi) is 4.34. The van der Waals surface area contributed by atoms with Crippen molar-refractivity contribution < 1.29 is 4.52 Å². The molecular formula is C14H20N4O2. The van der Waals surface area contributed by atoms with Gasteiger partial charge < -0.3 is 14.8 Å². The van der Waals surface area contributed by atoms with E-state index in [4.69, 9.17) is 4.52 Å². The molecule has 2 aromatic rings. The number of aromatic amines is 1. The molecule has 2 rings (SSSR count). The van der Waals surface area contributed by atoms with Crippen LogP contribution in [0.5, 0.6) is 0 Å². The Morgan fingerprint density at radius 1 is 1.35 bits per heavy atom. The summed E-state index contributed by atoms with van der Waals surface area (Å²) in [6.07, 6.45) is 0.681. The van der Waals surface area contributed by atoms with Crippen LogP contribution in [0.3, 0.4) is 0 Å². The SMILES string of the molecule is CNC(C)Cc1noc(-c2cc(C(C)C)[nH]c(=O)c2)n1. The molecule has 6 nitrogen and oxygen atoms in total. The van der Waals surface area contributed by atoms with Crippen molar-refractivity contribution in [1.82, 2.24) is 20.4 Å². The zero-order chi connectivity index (χ0) is 14.7. The van der Waals surface area contributed by atoms with Crippen LogP contribution in [0.2, 0.25) is 0 Å². The number of likely N-dealkylation sites (N-methyl/N-ethyl adjacent to an activating group) is 1. The first-order chi connectivity index (χ1) is 9.49. The van der Waals surface area contributed by atoms with E-state index in [1.165, 1.54) is 6.07 Å². The van der Waals surface area contributed by atoms with Gasteiger partial charge in [0.05, 0.1) is 0 Å². The van der Waals surface area contributed by atoms with Gasteiger partial charge in [0.2, 0.25) is 5.56 Å². The molecule has 0 radical (unpaired) electrons. The van der Waals surface area contributed by atoms with Gasteiger partial charge >= 0.3 is 0 Å². The van der Waals surface area contributed by atoms with Crippen molar-refractivity contribution in [2.45, 2.75) is 39.2 Å². The molecule has 6 heteroatoms. The van der Waals surface area contributed by atoms with Crippen molar-refractivity contribution in [1.29, 1.82) is 0 Å². The Bertz CT molecular complexity index is 630. The maximum Gasteiger partial charge on any atom is 0.258 e. The van der Waals surface area contributed by atoms with Gasteiger partial charge in [-0.15, -0.1) is 0 Å². The van der Waals surface area contributed by atoms with Crippen molar-refractivity contribution in [3.63, 3.8) is 0 Å². The highest BCUT2D eigenvalue weighted by Crippen LogP contribution is 2.19. The molecule has 0 fully saturated rings. The molecule has 2 aromatic heterocycles. The fourth-order valence-corrected chi connectivity index (χ4v) is 1.83. The molecule has 2 heterocycles. The van der Waals surface area contributed by atoms with Gasteiger partial charge in [-0.3, -0.25) is 4.79 Å². The minimum absolute atomic E-state index is 0.158. The first-order valence-electron chi connectivity index (χ1n) is 6.74. The van der Waals surface area contributed by atoms with Crippen molar-refractivity contribution in [2.75, 3.05) is 7.05 Å². The van der Waals surface area contributed by atoms with Gasteiger partial charge in [-0.2, -0.15) is 4.98 Å². The van der Waals surface area contributed by atoms with Gasteiger partial charge in [-0.05, 0) is 26.0 Å². The molecule has 0 aliphatic heterocycles. The third-order valence-corrected chi connectivity index (χ3v) is 3.18. The van der Waals surface area contributed by atoms with E-state index in [1.54, 1.807) is 0 Å². The lowest BCUT2D eigenvalue weighted by Gasteiger charge is -2.05. The Hall–Kier alpha value is -1.95. The molecule has 0 aliphatic rings. The maximum atomic E-state index is 11.7. The predicted molar refractivity (Wildman–Crippen MR) is 76.7 cm³/mol. The van der Waals surface area contributed by atoms with E-state index in [-0.39, 0.29) is 17.5 Å². The topological polar surface area (TPSA) is 83.8 Å². The molecule has 0 spiro atoms. The van der Waals surface area contributed by atoms with E-state index in [0.717, 1.165) is 5.69 Å². The zero-order valence-corrected chi connectivity index (χ0v) is 12.2. The van der Waals surface area contributed by atoms with Crippen molar-refractivity contribution in [2.24, 2.45) is 0 Å². The molecular weight excluding hydrogens is 256 g/mol. The second kappa shape index (κ2) is 6.00. The quantitative estimate of drug-likeness (QED) is 0.868. The standard InChI is InChI=1S/C14H20N4O2/c1-8(2)11-6-10(7-13(19)16-11)14-17-12(18-20-14)5-9(3)15-4/h6-9,15H,5H2,1-4H3,(H,16,19). The largest absolute Gasteiger partial charge is 0.334 e. The van der Waals surface area contributed by atoms with Crippen LogP contribution in [0.25, 0.3) is 11.5 Å². The molecule has 0 saturated heterocycles. The van der Waals surface area contributed by atoms with Crippen LogP contribution in [0, 0.1) is 0 Å². The zero-order valence-electron chi connectivity index (χ0n) is 12.2. The van der Waals surface area contributed by atoms with Crippen molar-refractivity contribution in [3.05, 3.63) is 34.0 Å². The number of hydrogen-bond donors (Lipinski definition) is 2. The predicted octanol–water partition coefficient (Wildman–Crippen LogP) is 1.70. The Balaban J connectivity index is 2.30. The first kappa shape index (κ1) is 14.5. The molecule has 0 aliphatic carbocycles. The minimum Gasteiger partial charge on any atom is -0.334 e. The van der Waals surface area contributed by atoms with Crippen LogP contribution in [-0.2, 0) is 6.42 Å². The number of rotatable bonds is 5. The van der Waals surface area contributed by atoms with Crippen LogP contribution >= 0.6 is 0 Å². The van der Waals surface area contributed by atoms with E-state index in [0.29, 0.717) is 23.7 Å². The number of nitrogens with zero attached hydrogens (tertiary/aromatic N) is 2. The van der Waals surface area contributed by atoms with E-state index in [1.807, 2.05) is 33.9 Å². The summed E-state index contributed by atoms with van der Waals surface area (Å²) < 4.78 is 5.24. The van der Waals surface area contributed by atoms with Crippen LogP contribution in [0.4, 0.5) is 0 Å². The summed E-state index contributed by atoms with van der Waals surface area (Å²) in [7, 11) is 1.89. The Morgan fingerprint density at radius 3 is 2.75 bits per heavy atom. The molecule has 108 valence electrons. The average Bonchev–Trinajstić information content (AvgIpc) is 2.86. The highest BCUT2D eigenvalue weighted by Gasteiger charge is 2.13. The summed E-state index contributed by atoms with van der Waals surface area (Å²) in [4.78, 5) is 18.8. The summed E-state index contributed by atoms with van der Waals surface area (Å²) in [5, 5.41) is 7.07. The van der Waals surface area contributed by atoms with Gasteiger partial charge in [0.1, 0.15) is 0 Å². The Morgan fingerprint density at radius 2 is 2.10 bits per heavy atom. The highest BCUT2D eigenvalue weighted by atomic mass is 16.5. The van der Waals surface area contributed by atoms with Crippen molar-refractivity contribution in [3.8, 4) is 11.5 Å². The van der Waals surface area contributed by atoms with Gasteiger partial charge in [-0.25, -0.2) is 0 Å². The lowest BCUT2D eigenvalue weighted by Crippen LogP contribution is -2.24. The summed E-state index contributed by atoms with van der Waals surface area (Å²) in [5.74, 6) is 1.25. The number of hydrogen-bond acceptors (Lipinski definition) is 5. The summed E-state index contributed by atoms with van der Waals surface area (Å²) >= 11 is 0. The smallest absolute Gasteiger partial charge is 0.258 e. The van der Waals surface area contributed by atoms with Gasteiger partial charge in [0, 0.05) is 29.8 Å². The summed E-state index contributed by atoms with van der Waals surface area (Å²) in [6.45, 7) is 6.08. The number of nitrogens with one attached hydrogen (secondary N) is 2. The normalized spacial score (nSPS) is 12.8. The van der Waals surface area contributed by atoms with E-state index in [9.17, 15) is 4.79 Å². The second-order valence-electron chi connectivity index (χ2n) is 5.25. The van der Waals surface area contributed by atoms with E-state index >= 15 is 0 Å². The first-order valence-corrected chi connectivity index (χ1v) is 6.74. The van der Waals surface area contributed by atoms with Crippen molar-refractivity contribution >= 4 is 0 Å². The fourth-order valence-electron chi connectivity index (χ4n) is 1.83.